The zero-order chi connectivity index (χ0) is 8.55. The molecule has 0 saturated heterocycles. The molecular formula is C7H7ClN4. The molecule has 0 radical (unpaired) electrons. The molecule has 0 unspecified atom stereocenters. The van der Waals surface area contributed by atoms with Crippen LogP contribution >= 0.6 is 11.6 Å². The van der Waals surface area contributed by atoms with E-state index in [1.807, 2.05) is 18.3 Å². The average Bonchev–Trinajstić information content (AvgIpc) is 2.52. The van der Waals surface area contributed by atoms with Gasteiger partial charge in [-0.3, -0.25) is 0 Å². The summed E-state index contributed by atoms with van der Waals surface area (Å²) >= 11 is 5.57. The zero-order valence-corrected chi connectivity index (χ0v) is 6.99. The molecule has 2 heterocycles. The van der Waals surface area contributed by atoms with Crippen LogP contribution < -0.4 is 5.73 Å². The fourth-order valence-corrected chi connectivity index (χ4v) is 1.18. The zero-order valence-electron chi connectivity index (χ0n) is 6.24. The van der Waals surface area contributed by atoms with Gasteiger partial charge >= 0.3 is 0 Å². The number of halogens is 1. The van der Waals surface area contributed by atoms with Gasteiger partial charge < -0.3 is 5.73 Å². The summed E-state index contributed by atoms with van der Waals surface area (Å²) in [6.07, 6.45) is 1.81. The number of nitrogens with two attached hydrogens (primary N) is 1. The Balaban J connectivity index is 2.75. The molecule has 12 heavy (non-hydrogen) atoms. The summed E-state index contributed by atoms with van der Waals surface area (Å²) in [6, 6.07) is 3.71. The second kappa shape index (κ2) is 2.64. The smallest absolute Gasteiger partial charge is 0.166 e. The van der Waals surface area contributed by atoms with E-state index in [4.69, 9.17) is 17.3 Å². The van der Waals surface area contributed by atoms with Crippen molar-refractivity contribution in [3.8, 4) is 0 Å². The molecule has 2 rings (SSSR count). The molecule has 5 heteroatoms. The molecule has 0 aliphatic carbocycles. The summed E-state index contributed by atoms with van der Waals surface area (Å²) in [4.78, 5) is 4.01. The number of rotatable bonds is 1. The van der Waals surface area contributed by atoms with Gasteiger partial charge in [0.1, 0.15) is 5.52 Å². The fourth-order valence-electron chi connectivity index (χ4n) is 1.06. The minimum absolute atomic E-state index is 0.276. The van der Waals surface area contributed by atoms with E-state index >= 15 is 0 Å². The van der Waals surface area contributed by atoms with Gasteiger partial charge in [-0.25, -0.2) is 9.50 Å². The van der Waals surface area contributed by atoms with E-state index in [-0.39, 0.29) is 5.88 Å². The lowest BCUT2D eigenvalue weighted by molar-refractivity contribution is 0.852. The average molecular weight is 183 g/mol. The highest BCUT2D eigenvalue weighted by atomic mass is 35.5. The van der Waals surface area contributed by atoms with Gasteiger partial charge in [0.25, 0.3) is 0 Å². The summed E-state index contributed by atoms with van der Waals surface area (Å²) < 4.78 is 1.67. The Labute approximate surface area is 74.0 Å². The fraction of sp³-hybridized carbons (Fsp3) is 0.143. The Morgan fingerprint density at radius 1 is 1.58 bits per heavy atom. The van der Waals surface area contributed by atoms with Crippen molar-refractivity contribution in [3.63, 3.8) is 0 Å². The maximum Gasteiger partial charge on any atom is 0.166 e. The number of nitrogens with zero attached hydrogens (tertiary/aromatic N) is 3. The monoisotopic (exact) mass is 182 g/mol. The summed E-state index contributed by atoms with van der Waals surface area (Å²) in [5.74, 6) is 1.28. The van der Waals surface area contributed by atoms with Crippen LogP contribution in [0.4, 0.5) is 5.82 Å². The summed E-state index contributed by atoms with van der Waals surface area (Å²) in [5, 5.41) is 4.11. The predicted octanol–water partition coefficient (Wildman–Crippen LogP) is 1.05. The van der Waals surface area contributed by atoms with Crippen molar-refractivity contribution in [2.75, 3.05) is 5.73 Å². The first-order valence-electron chi connectivity index (χ1n) is 3.47. The number of fused-ring (bicyclic) bond motifs is 1. The molecule has 0 fully saturated rings. The van der Waals surface area contributed by atoms with Crippen molar-refractivity contribution in [2.24, 2.45) is 0 Å². The van der Waals surface area contributed by atoms with Gasteiger partial charge in [0.05, 0.1) is 5.88 Å². The Hall–Kier alpha value is -1.29. The van der Waals surface area contributed by atoms with E-state index in [9.17, 15) is 0 Å². The van der Waals surface area contributed by atoms with E-state index in [0.717, 1.165) is 5.52 Å². The van der Waals surface area contributed by atoms with Crippen molar-refractivity contribution < 1.29 is 0 Å². The summed E-state index contributed by atoms with van der Waals surface area (Å²) in [6.45, 7) is 0. The third-order valence-corrected chi connectivity index (χ3v) is 1.82. The molecule has 0 aromatic carbocycles. The number of nitrogen functional groups attached to an aromatic ring is 1. The second-order valence-corrected chi connectivity index (χ2v) is 2.65. The maximum absolute atomic E-state index is 5.65. The van der Waals surface area contributed by atoms with Gasteiger partial charge in [0.15, 0.2) is 11.6 Å². The molecule has 0 aliphatic heterocycles. The van der Waals surface area contributed by atoms with Crippen LogP contribution in [0.5, 0.6) is 0 Å². The lowest BCUT2D eigenvalue weighted by atomic mass is 10.5. The minimum atomic E-state index is 0.276. The van der Waals surface area contributed by atoms with Crippen LogP contribution in [0.1, 0.15) is 5.82 Å². The molecular weight excluding hydrogens is 176 g/mol. The number of alkyl halides is 1. The molecule has 2 aromatic rings. The van der Waals surface area contributed by atoms with Crippen molar-refractivity contribution in [3.05, 3.63) is 24.2 Å². The molecule has 0 aliphatic rings. The minimum Gasteiger partial charge on any atom is -0.382 e. The van der Waals surface area contributed by atoms with Gasteiger partial charge in [-0.2, -0.15) is 5.10 Å². The van der Waals surface area contributed by atoms with E-state index in [2.05, 4.69) is 10.1 Å². The number of hydrogen-bond donors (Lipinski definition) is 1. The first-order valence-corrected chi connectivity index (χ1v) is 4.00. The van der Waals surface area contributed by atoms with Crippen molar-refractivity contribution >= 4 is 22.9 Å². The van der Waals surface area contributed by atoms with Crippen LogP contribution in [-0.2, 0) is 5.88 Å². The van der Waals surface area contributed by atoms with Gasteiger partial charge in [-0.15, -0.1) is 11.6 Å². The van der Waals surface area contributed by atoms with E-state index < -0.39 is 0 Å². The quantitative estimate of drug-likeness (QED) is 0.671. The van der Waals surface area contributed by atoms with Crippen molar-refractivity contribution in [1.29, 1.82) is 0 Å². The number of anilines is 1. The molecule has 0 saturated carbocycles. The molecule has 0 atom stereocenters. The summed E-state index contributed by atoms with van der Waals surface area (Å²) in [5.41, 5.74) is 6.46. The third kappa shape index (κ3) is 1.00. The lowest BCUT2D eigenvalue weighted by Crippen LogP contribution is -2.03. The predicted molar refractivity (Wildman–Crippen MR) is 47.0 cm³/mol. The molecule has 0 bridgehead atoms. The Morgan fingerprint density at radius 3 is 3.17 bits per heavy atom. The Bertz CT molecular complexity index is 409. The van der Waals surface area contributed by atoms with E-state index in [0.29, 0.717) is 11.6 Å². The molecule has 2 N–H and O–H groups in total. The largest absolute Gasteiger partial charge is 0.382 e. The normalized spacial score (nSPS) is 10.8. The third-order valence-electron chi connectivity index (χ3n) is 1.58. The van der Waals surface area contributed by atoms with Crippen molar-refractivity contribution in [1.82, 2.24) is 14.6 Å². The van der Waals surface area contributed by atoms with Crippen LogP contribution in [0.15, 0.2) is 18.3 Å². The van der Waals surface area contributed by atoms with Crippen LogP contribution in [0.2, 0.25) is 0 Å². The van der Waals surface area contributed by atoms with Crippen LogP contribution in [0, 0.1) is 0 Å². The highest BCUT2D eigenvalue weighted by molar-refractivity contribution is 6.16. The second-order valence-electron chi connectivity index (χ2n) is 2.38. The van der Waals surface area contributed by atoms with Gasteiger partial charge in [0.2, 0.25) is 0 Å². The van der Waals surface area contributed by atoms with E-state index in [1.165, 1.54) is 0 Å². The van der Waals surface area contributed by atoms with Gasteiger partial charge in [-0.05, 0) is 12.1 Å². The van der Waals surface area contributed by atoms with Gasteiger partial charge in [0, 0.05) is 6.20 Å². The molecule has 62 valence electrons. The lowest BCUT2D eigenvalue weighted by Gasteiger charge is -1.99. The first kappa shape index (κ1) is 7.36. The van der Waals surface area contributed by atoms with Crippen molar-refractivity contribution in [2.45, 2.75) is 5.88 Å². The molecule has 4 nitrogen and oxygen atoms in total. The highest BCUT2D eigenvalue weighted by Gasteiger charge is 2.02. The standard InChI is InChI=1S/C7H7ClN4/c8-4-6-10-7(9)5-2-1-3-12(5)11-6/h1-3H,4H2,(H2,9,10,11). The highest BCUT2D eigenvalue weighted by Crippen LogP contribution is 2.10. The van der Waals surface area contributed by atoms with Crippen LogP contribution in [-0.4, -0.2) is 14.6 Å². The van der Waals surface area contributed by atoms with Gasteiger partial charge in [-0.1, -0.05) is 0 Å². The number of hydrogen-bond acceptors (Lipinski definition) is 3. The molecule has 0 amide bonds. The number of aromatic nitrogens is 3. The first-order chi connectivity index (χ1) is 5.81. The topological polar surface area (TPSA) is 56.2 Å². The Kier molecular flexibility index (Phi) is 1.62. The summed E-state index contributed by atoms with van der Waals surface area (Å²) in [7, 11) is 0. The van der Waals surface area contributed by atoms with Crippen LogP contribution in [0.3, 0.4) is 0 Å². The SMILES string of the molecule is Nc1nc(CCl)nn2cccc12. The molecule has 0 spiro atoms. The maximum atomic E-state index is 5.65. The molecule has 2 aromatic heterocycles. The Morgan fingerprint density at radius 2 is 2.42 bits per heavy atom. The van der Waals surface area contributed by atoms with E-state index in [1.54, 1.807) is 4.52 Å². The van der Waals surface area contributed by atoms with Crippen LogP contribution in [0.25, 0.3) is 5.52 Å².